The van der Waals surface area contributed by atoms with Gasteiger partial charge in [0.25, 0.3) is 0 Å². The average molecular weight is 364 g/mol. The van der Waals surface area contributed by atoms with E-state index in [1.807, 2.05) is 9.47 Å². The van der Waals surface area contributed by atoms with Crippen LogP contribution in [0.25, 0.3) is 0 Å². The van der Waals surface area contributed by atoms with Crippen molar-refractivity contribution in [3.05, 3.63) is 12.1 Å². The molecule has 0 atom stereocenters. The van der Waals surface area contributed by atoms with Crippen LogP contribution >= 0.6 is 0 Å². The van der Waals surface area contributed by atoms with Gasteiger partial charge in [0.05, 0.1) is 0 Å². The van der Waals surface area contributed by atoms with Gasteiger partial charge in [-0.25, -0.2) is 4.74 Å². The third-order valence-electron chi connectivity index (χ3n) is 1.07. The Hall–Kier alpha value is -1.42. The second-order valence-corrected chi connectivity index (χ2v) is 2.78. The molecule has 0 saturated heterocycles. The third kappa shape index (κ3) is 8.78. The van der Waals surface area contributed by atoms with Crippen molar-refractivity contribution in [3.8, 4) is 0 Å². The lowest BCUT2D eigenvalue weighted by Crippen LogP contribution is -2.44. The van der Waals surface area contributed by atoms with Crippen LogP contribution in [-0.2, 0) is 18.9 Å². The van der Waals surface area contributed by atoms with Crippen molar-refractivity contribution in [2.24, 2.45) is 0 Å². The molecule has 0 aromatic carbocycles. The van der Waals surface area contributed by atoms with Crippen LogP contribution in [0.3, 0.4) is 0 Å². The molecule has 0 fully saturated rings. The second-order valence-electron chi connectivity index (χ2n) is 2.78. The summed E-state index contributed by atoms with van der Waals surface area (Å²) in [5.41, 5.74) is 0. The van der Waals surface area contributed by atoms with E-state index in [0.717, 1.165) is 0 Å². The quantitative estimate of drug-likeness (QED) is 0.384. The molecule has 0 bridgehead atoms. The van der Waals surface area contributed by atoms with Crippen molar-refractivity contribution in [2.45, 2.75) is 25.2 Å². The van der Waals surface area contributed by atoms with Crippen LogP contribution < -0.4 is 0 Å². The minimum Gasteiger partial charge on any atom is -0.378 e. The molecule has 0 aromatic rings. The summed E-state index contributed by atoms with van der Waals surface area (Å²) in [7, 11) is 0. The molecule has 4 nitrogen and oxygen atoms in total. The summed E-state index contributed by atoms with van der Waals surface area (Å²) >= 11 is 0. The van der Waals surface area contributed by atoms with Gasteiger partial charge in [0.1, 0.15) is 0 Å². The lowest BCUT2D eigenvalue weighted by Gasteiger charge is -2.25. The minimum atomic E-state index is -6.27. The van der Waals surface area contributed by atoms with Crippen molar-refractivity contribution in [3.63, 3.8) is 0 Å². The minimum absolute atomic E-state index is 1.69. The Morgan fingerprint density at radius 3 is 1.27 bits per heavy atom. The number of alkyl halides is 9. The third-order valence-corrected chi connectivity index (χ3v) is 1.07. The fraction of sp³-hybridized carbons (Fsp3) is 0.667. The molecule has 0 aliphatic carbocycles. The predicted octanol–water partition coefficient (Wildman–Crippen LogP) is 4.26. The van der Waals surface area contributed by atoms with Crippen LogP contribution in [0.15, 0.2) is 12.1 Å². The Kier molecular flexibility index (Phi) is 5.96. The van der Waals surface area contributed by atoms with Gasteiger partial charge >= 0.3 is 37.3 Å². The van der Waals surface area contributed by atoms with Crippen molar-refractivity contribution in [1.82, 2.24) is 0 Å². The maximum atomic E-state index is 12.4. The van der Waals surface area contributed by atoms with E-state index >= 15 is 0 Å². The summed E-state index contributed by atoms with van der Waals surface area (Å²) in [5, 5.41) is 0. The molecule has 0 amide bonds. The molecule has 132 valence electrons. The molecule has 0 aromatic heterocycles. The van der Waals surface area contributed by atoms with Crippen LogP contribution in [0.5, 0.6) is 0 Å². The molecule has 0 aliphatic rings. The Morgan fingerprint density at radius 1 is 0.545 bits per heavy atom. The zero-order valence-electron chi connectivity index (χ0n) is 9.17. The van der Waals surface area contributed by atoms with E-state index in [4.69, 9.17) is 0 Å². The molecule has 22 heavy (non-hydrogen) atoms. The SMILES string of the molecule is FC(F)=C(F)OC(F)(F)OC(F)(F)OC(F)(F)OC(F)(F)F. The summed E-state index contributed by atoms with van der Waals surface area (Å²) in [4.78, 5) is 0. The molecule has 0 unspecified atom stereocenters. The van der Waals surface area contributed by atoms with Gasteiger partial charge in [0, 0.05) is 0 Å². The predicted molar refractivity (Wildman–Crippen MR) is 35.6 cm³/mol. The topological polar surface area (TPSA) is 36.9 Å². The molecular formula is C6F12O4. The largest absolute Gasteiger partial charge is 0.543 e. The number of hydrogen-bond acceptors (Lipinski definition) is 4. The van der Waals surface area contributed by atoms with E-state index in [1.54, 1.807) is 4.74 Å². The summed E-state index contributed by atoms with van der Waals surface area (Å²) in [6.07, 6.45) is -28.3. The Morgan fingerprint density at radius 2 is 0.909 bits per heavy atom. The van der Waals surface area contributed by atoms with Gasteiger partial charge < -0.3 is 4.74 Å². The number of ether oxygens (including phenoxy) is 4. The molecule has 0 saturated carbocycles. The monoisotopic (exact) mass is 364 g/mol. The molecule has 0 radical (unpaired) electrons. The zero-order chi connectivity index (χ0) is 18.0. The second kappa shape index (κ2) is 6.37. The lowest BCUT2D eigenvalue weighted by atomic mass is 10.9. The van der Waals surface area contributed by atoms with Gasteiger partial charge in [-0.15, -0.1) is 39.5 Å². The summed E-state index contributed by atoms with van der Waals surface area (Å²) in [6.45, 7) is 0. The number of rotatable bonds is 7. The van der Waals surface area contributed by atoms with Crippen molar-refractivity contribution in [2.75, 3.05) is 0 Å². The van der Waals surface area contributed by atoms with E-state index in [0.29, 0.717) is 0 Å². The molecule has 0 aliphatic heterocycles. The van der Waals surface area contributed by atoms with E-state index in [1.165, 1.54) is 0 Å². The fourth-order valence-corrected chi connectivity index (χ4v) is 0.617. The van der Waals surface area contributed by atoms with Crippen LogP contribution in [0, 0.1) is 0 Å². The molecule has 0 heterocycles. The molecule has 0 rings (SSSR count). The molecular weight excluding hydrogens is 364 g/mol. The van der Waals surface area contributed by atoms with E-state index in [9.17, 15) is 52.7 Å². The molecule has 0 spiro atoms. The maximum absolute atomic E-state index is 12.4. The van der Waals surface area contributed by atoms with Crippen molar-refractivity contribution in [1.29, 1.82) is 0 Å². The van der Waals surface area contributed by atoms with Crippen LogP contribution in [0.2, 0.25) is 0 Å². The molecule has 16 heteroatoms. The highest BCUT2D eigenvalue weighted by Gasteiger charge is 2.58. The summed E-state index contributed by atoms with van der Waals surface area (Å²) < 4.78 is 150. The van der Waals surface area contributed by atoms with E-state index in [2.05, 4.69) is 4.74 Å². The van der Waals surface area contributed by atoms with Gasteiger partial charge in [-0.05, 0) is 0 Å². The summed E-state index contributed by atoms with van der Waals surface area (Å²) in [5.74, 6) is 0. The summed E-state index contributed by atoms with van der Waals surface area (Å²) in [6, 6.07) is -3.43. The molecule has 0 N–H and O–H groups in total. The Bertz CT molecular complexity index is 410. The van der Waals surface area contributed by atoms with Crippen molar-refractivity contribution >= 4 is 0 Å². The zero-order valence-corrected chi connectivity index (χ0v) is 9.17. The van der Waals surface area contributed by atoms with Gasteiger partial charge in [-0.2, -0.15) is 22.6 Å². The number of hydrogen-bond donors (Lipinski definition) is 0. The van der Waals surface area contributed by atoms with Crippen LogP contribution in [0.4, 0.5) is 52.7 Å². The first-order chi connectivity index (χ1) is 9.45. The van der Waals surface area contributed by atoms with Crippen molar-refractivity contribution < 1.29 is 71.6 Å². The first kappa shape index (κ1) is 20.6. The van der Waals surface area contributed by atoms with Gasteiger partial charge in [-0.3, -0.25) is 0 Å². The first-order valence-corrected chi connectivity index (χ1v) is 4.15. The highest BCUT2D eigenvalue weighted by Crippen LogP contribution is 2.38. The van der Waals surface area contributed by atoms with Gasteiger partial charge in [-0.1, -0.05) is 0 Å². The van der Waals surface area contributed by atoms with Gasteiger partial charge in [0.15, 0.2) is 0 Å². The highest BCUT2D eigenvalue weighted by atomic mass is 19.4. The Labute approximate surface area is 110 Å². The lowest BCUT2D eigenvalue weighted by molar-refractivity contribution is -0.598. The number of halogens is 12. The van der Waals surface area contributed by atoms with E-state index < -0.39 is 37.3 Å². The smallest absolute Gasteiger partial charge is 0.378 e. The Balaban J connectivity index is 4.92. The van der Waals surface area contributed by atoms with Crippen LogP contribution in [0.1, 0.15) is 0 Å². The maximum Gasteiger partial charge on any atom is 0.543 e. The van der Waals surface area contributed by atoms with Crippen LogP contribution in [-0.4, -0.2) is 25.2 Å². The fourth-order valence-electron chi connectivity index (χ4n) is 0.617. The standard InChI is InChI=1S/C6F12O4/c7-1(8)2(9)19-4(13,14)21-6(17,18)22-5(15,16)20-3(10,11)12. The van der Waals surface area contributed by atoms with Gasteiger partial charge in [0.2, 0.25) is 0 Å². The average Bonchev–Trinajstić information content (AvgIpc) is 2.06. The normalized spacial score (nSPS) is 14.0. The highest BCUT2D eigenvalue weighted by molar-refractivity contribution is 4.81. The van der Waals surface area contributed by atoms with E-state index in [-0.39, 0.29) is 0 Å². The first-order valence-electron chi connectivity index (χ1n) is 4.15.